The molecular formula is C11H18N2O2S2. The highest BCUT2D eigenvalue weighted by molar-refractivity contribution is 8.06. The molecule has 4 nitrogen and oxygen atoms in total. The SMILES string of the molecule is CC(O)C(C)c1nc(C2SCCSC2C)no1. The van der Waals surface area contributed by atoms with Gasteiger partial charge in [-0.2, -0.15) is 16.7 Å². The zero-order valence-electron chi connectivity index (χ0n) is 10.3. The average molecular weight is 274 g/mol. The maximum absolute atomic E-state index is 9.51. The van der Waals surface area contributed by atoms with Crippen molar-refractivity contribution >= 4 is 23.5 Å². The fourth-order valence-corrected chi connectivity index (χ4v) is 4.35. The molecule has 2 heterocycles. The topological polar surface area (TPSA) is 59.2 Å². The Balaban J connectivity index is 2.12. The van der Waals surface area contributed by atoms with Crippen LogP contribution in [0.15, 0.2) is 4.52 Å². The Kier molecular flexibility index (Phi) is 4.38. The zero-order valence-corrected chi connectivity index (χ0v) is 11.9. The van der Waals surface area contributed by atoms with Gasteiger partial charge in [-0.25, -0.2) is 0 Å². The van der Waals surface area contributed by atoms with Crippen LogP contribution >= 0.6 is 23.5 Å². The summed E-state index contributed by atoms with van der Waals surface area (Å²) in [6.07, 6.45) is -0.464. The Bertz CT molecular complexity index is 370. The summed E-state index contributed by atoms with van der Waals surface area (Å²) < 4.78 is 5.25. The van der Waals surface area contributed by atoms with Gasteiger partial charge in [0.15, 0.2) is 5.82 Å². The minimum absolute atomic E-state index is 0.104. The van der Waals surface area contributed by atoms with Crippen LogP contribution in [0.4, 0.5) is 0 Å². The molecule has 6 heteroatoms. The summed E-state index contributed by atoms with van der Waals surface area (Å²) in [7, 11) is 0. The number of nitrogens with zero attached hydrogens (tertiary/aromatic N) is 2. The molecule has 1 aromatic rings. The average Bonchev–Trinajstić information content (AvgIpc) is 2.77. The summed E-state index contributed by atoms with van der Waals surface area (Å²) in [5, 5.41) is 14.4. The Hall–Kier alpha value is -0.200. The molecule has 0 radical (unpaired) electrons. The fourth-order valence-electron chi connectivity index (χ4n) is 1.67. The highest BCUT2D eigenvalue weighted by Crippen LogP contribution is 2.41. The molecule has 0 saturated carbocycles. The van der Waals surface area contributed by atoms with Crippen LogP contribution in [-0.2, 0) is 0 Å². The molecule has 0 spiro atoms. The molecule has 4 atom stereocenters. The lowest BCUT2D eigenvalue weighted by molar-refractivity contribution is 0.151. The van der Waals surface area contributed by atoms with Crippen LogP contribution in [0.2, 0.25) is 0 Å². The standard InChI is InChI=1S/C11H18N2O2S2/c1-6(7(2)14)11-12-10(13-15-11)9-8(3)16-4-5-17-9/h6-9,14H,4-5H2,1-3H3. The van der Waals surface area contributed by atoms with Crippen molar-refractivity contribution in [2.45, 2.75) is 43.3 Å². The van der Waals surface area contributed by atoms with E-state index < -0.39 is 6.10 Å². The van der Waals surface area contributed by atoms with Gasteiger partial charge in [0.2, 0.25) is 5.89 Å². The number of rotatable bonds is 3. The van der Waals surface area contributed by atoms with Gasteiger partial charge in [-0.05, 0) is 6.92 Å². The second kappa shape index (κ2) is 5.63. The van der Waals surface area contributed by atoms with Crippen LogP contribution in [0.5, 0.6) is 0 Å². The fraction of sp³-hybridized carbons (Fsp3) is 0.818. The quantitative estimate of drug-likeness (QED) is 0.913. The van der Waals surface area contributed by atoms with Crippen LogP contribution in [0, 0.1) is 0 Å². The van der Waals surface area contributed by atoms with E-state index in [9.17, 15) is 5.11 Å². The third-order valence-corrected chi connectivity index (χ3v) is 6.10. The molecule has 0 aromatic carbocycles. The number of aromatic nitrogens is 2. The monoisotopic (exact) mass is 274 g/mol. The van der Waals surface area contributed by atoms with Gasteiger partial charge in [0, 0.05) is 16.8 Å². The van der Waals surface area contributed by atoms with E-state index in [1.54, 1.807) is 6.92 Å². The van der Waals surface area contributed by atoms with Crippen LogP contribution in [-0.4, -0.2) is 38.1 Å². The third kappa shape index (κ3) is 2.98. The number of hydrogen-bond acceptors (Lipinski definition) is 6. The summed E-state index contributed by atoms with van der Waals surface area (Å²) in [6, 6.07) is 0. The van der Waals surface area contributed by atoms with E-state index in [4.69, 9.17) is 4.52 Å². The predicted molar refractivity (Wildman–Crippen MR) is 71.5 cm³/mol. The first kappa shape index (κ1) is 13.2. The van der Waals surface area contributed by atoms with Gasteiger partial charge in [-0.1, -0.05) is 19.0 Å². The van der Waals surface area contributed by atoms with Crippen molar-refractivity contribution in [1.82, 2.24) is 10.1 Å². The van der Waals surface area contributed by atoms with Gasteiger partial charge < -0.3 is 9.63 Å². The minimum Gasteiger partial charge on any atom is -0.393 e. The molecule has 1 saturated heterocycles. The van der Waals surface area contributed by atoms with Gasteiger partial charge in [-0.15, -0.1) is 11.8 Å². The minimum atomic E-state index is -0.464. The van der Waals surface area contributed by atoms with Gasteiger partial charge in [-0.3, -0.25) is 0 Å². The Labute approximate surface area is 110 Å². The van der Waals surface area contributed by atoms with Crippen molar-refractivity contribution in [3.8, 4) is 0 Å². The molecule has 0 amide bonds. The van der Waals surface area contributed by atoms with E-state index in [1.165, 1.54) is 5.75 Å². The van der Waals surface area contributed by atoms with Gasteiger partial charge in [0.1, 0.15) is 0 Å². The van der Waals surface area contributed by atoms with Gasteiger partial charge >= 0.3 is 0 Å². The lowest BCUT2D eigenvalue weighted by Crippen LogP contribution is -2.17. The number of hydrogen-bond donors (Lipinski definition) is 1. The number of aliphatic hydroxyl groups excluding tert-OH is 1. The molecule has 1 aliphatic heterocycles. The van der Waals surface area contributed by atoms with Crippen LogP contribution in [0.3, 0.4) is 0 Å². The summed E-state index contributed by atoms with van der Waals surface area (Å²) >= 11 is 3.84. The zero-order chi connectivity index (χ0) is 12.4. The van der Waals surface area contributed by atoms with Crippen molar-refractivity contribution in [3.63, 3.8) is 0 Å². The predicted octanol–water partition coefficient (Wildman–Crippen LogP) is 2.46. The van der Waals surface area contributed by atoms with Crippen LogP contribution in [0.1, 0.15) is 43.7 Å². The van der Waals surface area contributed by atoms with Crippen molar-refractivity contribution in [2.75, 3.05) is 11.5 Å². The Morgan fingerprint density at radius 2 is 2.06 bits per heavy atom. The Morgan fingerprint density at radius 3 is 2.71 bits per heavy atom. The lowest BCUT2D eigenvalue weighted by atomic mass is 10.1. The van der Waals surface area contributed by atoms with Gasteiger partial charge in [0.05, 0.1) is 17.3 Å². The first-order valence-electron chi connectivity index (χ1n) is 5.84. The maximum Gasteiger partial charge on any atom is 0.232 e. The molecule has 96 valence electrons. The lowest BCUT2D eigenvalue weighted by Gasteiger charge is -2.24. The first-order chi connectivity index (χ1) is 8.09. The molecule has 17 heavy (non-hydrogen) atoms. The Morgan fingerprint density at radius 1 is 1.35 bits per heavy atom. The van der Waals surface area contributed by atoms with E-state index in [-0.39, 0.29) is 5.92 Å². The van der Waals surface area contributed by atoms with Crippen molar-refractivity contribution in [1.29, 1.82) is 0 Å². The largest absolute Gasteiger partial charge is 0.393 e. The number of aliphatic hydroxyl groups is 1. The smallest absolute Gasteiger partial charge is 0.232 e. The highest BCUT2D eigenvalue weighted by atomic mass is 32.2. The van der Waals surface area contributed by atoms with E-state index in [1.807, 2.05) is 30.4 Å². The molecular weight excluding hydrogens is 256 g/mol. The summed E-state index contributed by atoms with van der Waals surface area (Å²) in [4.78, 5) is 4.43. The molecule has 1 aromatic heterocycles. The molecule has 1 fully saturated rings. The molecule has 0 bridgehead atoms. The summed E-state index contributed by atoms with van der Waals surface area (Å²) in [6.45, 7) is 5.84. The summed E-state index contributed by atoms with van der Waals surface area (Å²) in [5.41, 5.74) is 0. The van der Waals surface area contributed by atoms with Crippen molar-refractivity contribution < 1.29 is 9.63 Å². The molecule has 1 N–H and O–H groups in total. The molecule has 1 aliphatic rings. The molecule has 0 aliphatic carbocycles. The summed E-state index contributed by atoms with van der Waals surface area (Å²) in [5.74, 6) is 3.54. The van der Waals surface area contributed by atoms with E-state index >= 15 is 0 Å². The normalized spacial score (nSPS) is 28.9. The molecule has 2 rings (SSSR count). The highest BCUT2D eigenvalue weighted by Gasteiger charge is 2.29. The van der Waals surface area contributed by atoms with E-state index in [0.717, 1.165) is 11.6 Å². The first-order valence-corrected chi connectivity index (χ1v) is 7.94. The van der Waals surface area contributed by atoms with Gasteiger partial charge in [0.25, 0.3) is 0 Å². The maximum atomic E-state index is 9.51. The van der Waals surface area contributed by atoms with E-state index in [0.29, 0.717) is 16.4 Å². The second-order valence-corrected chi connectivity index (χ2v) is 7.12. The number of thioether (sulfide) groups is 2. The van der Waals surface area contributed by atoms with Crippen LogP contribution in [0.25, 0.3) is 0 Å². The molecule has 4 unspecified atom stereocenters. The van der Waals surface area contributed by atoms with Crippen molar-refractivity contribution in [3.05, 3.63) is 11.7 Å². The van der Waals surface area contributed by atoms with E-state index in [2.05, 4.69) is 17.1 Å². The second-order valence-electron chi connectivity index (χ2n) is 4.39. The van der Waals surface area contributed by atoms with Crippen molar-refractivity contribution in [2.24, 2.45) is 0 Å². The van der Waals surface area contributed by atoms with Crippen LogP contribution < -0.4 is 0 Å². The third-order valence-electron chi connectivity index (χ3n) is 3.01.